The summed E-state index contributed by atoms with van der Waals surface area (Å²) in [6.07, 6.45) is 0. The lowest BCUT2D eigenvalue weighted by atomic mass is 9.82. The molecule has 0 amide bonds. The lowest BCUT2D eigenvalue weighted by Crippen LogP contribution is -2.15. The van der Waals surface area contributed by atoms with Crippen molar-refractivity contribution in [2.24, 2.45) is 0 Å². The summed E-state index contributed by atoms with van der Waals surface area (Å²) < 4.78 is 0. The van der Waals surface area contributed by atoms with Crippen LogP contribution in [0, 0.1) is 0 Å². The van der Waals surface area contributed by atoms with Crippen LogP contribution < -0.4 is 5.32 Å². The maximum Gasteiger partial charge on any atom is 0.0390 e. The van der Waals surface area contributed by atoms with Gasteiger partial charge in [0.2, 0.25) is 0 Å². The lowest BCUT2D eigenvalue weighted by Gasteiger charge is -2.22. The van der Waals surface area contributed by atoms with Crippen LogP contribution in [0.15, 0.2) is 97.1 Å². The normalized spacial score (nSPS) is 13.9. The fourth-order valence-corrected chi connectivity index (χ4v) is 5.04. The van der Waals surface area contributed by atoms with Gasteiger partial charge in [0.05, 0.1) is 0 Å². The van der Waals surface area contributed by atoms with Gasteiger partial charge in [-0.15, -0.1) is 0 Å². The van der Waals surface area contributed by atoms with Gasteiger partial charge in [0.1, 0.15) is 0 Å². The standard InChI is InChI=1S/C29H23N/c1-29(2)27-10-6-5-9-25(27)26-16-14-22(18-28(26)29)30-21-13-15-24-20(17-21)12-11-19-7-3-4-8-23(19)24/h3-18,30H,1-2H3. The zero-order valence-electron chi connectivity index (χ0n) is 17.2. The highest BCUT2D eigenvalue weighted by Crippen LogP contribution is 2.49. The highest BCUT2D eigenvalue weighted by Gasteiger charge is 2.35. The Balaban J connectivity index is 1.40. The predicted molar refractivity (Wildman–Crippen MR) is 129 cm³/mol. The number of anilines is 2. The van der Waals surface area contributed by atoms with Gasteiger partial charge in [-0.2, -0.15) is 0 Å². The lowest BCUT2D eigenvalue weighted by molar-refractivity contribution is 0.660. The molecular formula is C29H23N. The average molecular weight is 386 g/mol. The topological polar surface area (TPSA) is 12.0 Å². The molecule has 1 aliphatic rings. The molecule has 1 nitrogen and oxygen atoms in total. The van der Waals surface area contributed by atoms with Crippen LogP contribution in [0.2, 0.25) is 0 Å². The summed E-state index contributed by atoms with van der Waals surface area (Å²) in [6, 6.07) is 35.2. The maximum atomic E-state index is 3.64. The summed E-state index contributed by atoms with van der Waals surface area (Å²) in [5, 5.41) is 8.78. The molecule has 1 heteroatoms. The van der Waals surface area contributed by atoms with E-state index in [1.807, 2.05) is 0 Å². The first-order valence-corrected chi connectivity index (χ1v) is 10.5. The van der Waals surface area contributed by atoms with Gasteiger partial charge in [0.15, 0.2) is 0 Å². The largest absolute Gasteiger partial charge is 0.355 e. The molecule has 1 aliphatic carbocycles. The van der Waals surface area contributed by atoms with Gasteiger partial charge in [-0.3, -0.25) is 0 Å². The first-order chi connectivity index (χ1) is 14.6. The van der Waals surface area contributed by atoms with Crippen LogP contribution in [0.4, 0.5) is 11.4 Å². The molecule has 0 radical (unpaired) electrons. The quantitative estimate of drug-likeness (QED) is 0.303. The zero-order valence-corrected chi connectivity index (χ0v) is 17.2. The molecule has 0 aromatic heterocycles. The molecule has 144 valence electrons. The Morgan fingerprint density at radius 1 is 0.533 bits per heavy atom. The molecule has 30 heavy (non-hydrogen) atoms. The summed E-state index contributed by atoms with van der Waals surface area (Å²) in [7, 11) is 0. The van der Waals surface area contributed by atoms with Crippen LogP contribution in [0.25, 0.3) is 32.7 Å². The summed E-state index contributed by atoms with van der Waals surface area (Å²) in [5.41, 5.74) is 7.79. The molecule has 6 rings (SSSR count). The van der Waals surface area contributed by atoms with Crippen molar-refractivity contribution < 1.29 is 0 Å². The Kier molecular flexibility index (Phi) is 3.58. The van der Waals surface area contributed by atoms with Crippen LogP contribution in [0.1, 0.15) is 25.0 Å². The van der Waals surface area contributed by atoms with Crippen LogP contribution >= 0.6 is 0 Å². The first-order valence-electron chi connectivity index (χ1n) is 10.5. The first kappa shape index (κ1) is 17.3. The van der Waals surface area contributed by atoms with Gasteiger partial charge in [0, 0.05) is 16.8 Å². The second-order valence-electron chi connectivity index (χ2n) is 8.78. The highest BCUT2D eigenvalue weighted by atomic mass is 14.9. The second-order valence-corrected chi connectivity index (χ2v) is 8.78. The van der Waals surface area contributed by atoms with Crippen molar-refractivity contribution >= 4 is 32.9 Å². The van der Waals surface area contributed by atoms with Crippen LogP contribution in [-0.2, 0) is 5.41 Å². The fourth-order valence-electron chi connectivity index (χ4n) is 5.04. The van der Waals surface area contributed by atoms with Gasteiger partial charge >= 0.3 is 0 Å². The summed E-state index contributed by atoms with van der Waals surface area (Å²) in [6.45, 7) is 4.64. The van der Waals surface area contributed by atoms with E-state index in [2.05, 4.69) is 116 Å². The number of hydrogen-bond acceptors (Lipinski definition) is 1. The Hall–Kier alpha value is -3.58. The van der Waals surface area contributed by atoms with Gasteiger partial charge in [0.25, 0.3) is 0 Å². The van der Waals surface area contributed by atoms with E-state index in [0.29, 0.717) is 0 Å². The van der Waals surface area contributed by atoms with E-state index in [1.165, 1.54) is 43.8 Å². The Morgan fingerprint density at radius 3 is 2.13 bits per heavy atom. The minimum Gasteiger partial charge on any atom is -0.355 e. The monoisotopic (exact) mass is 385 g/mol. The van der Waals surface area contributed by atoms with E-state index >= 15 is 0 Å². The third-order valence-corrected chi connectivity index (χ3v) is 6.62. The van der Waals surface area contributed by atoms with E-state index in [4.69, 9.17) is 0 Å². The maximum absolute atomic E-state index is 3.64. The number of hydrogen-bond donors (Lipinski definition) is 1. The minimum atomic E-state index is 0.0198. The van der Waals surface area contributed by atoms with Gasteiger partial charge < -0.3 is 5.32 Å². The highest BCUT2D eigenvalue weighted by molar-refractivity contribution is 6.08. The Bertz CT molecular complexity index is 1440. The van der Waals surface area contributed by atoms with Crippen molar-refractivity contribution in [1.29, 1.82) is 0 Å². The van der Waals surface area contributed by atoms with Gasteiger partial charge in [-0.05, 0) is 68.1 Å². The van der Waals surface area contributed by atoms with Crippen molar-refractivity contribution in [2.45, 2.75) is 19.3 Å². The minimum absolute atomic E-state index is 0.0198. The van der Waals surface area contributed by atoms with Crippen LogP contribution in [0.5, 0.6) is 0 Å². The summed E-state index contributed by atoms with van der Waals surface area (Å²) in [4.78, 5) is 0. The molecule has 0 saturated carbocycles. The number of nitrogens with one attached hydrogen (secondary N) is 1. The SMILES string of the molecule is CC1(C)c2ccccc2-c2ccc(Nc3ccc4c(ccc5ccccc54)c3)cc21. The van der Waals surface area contributed by atoms with Crippen molar-refractivity contribution in [1.82, 2.24) is 0 Å². The van der Waals surface area contributed by atoms with Crippen molar-refractivity contribution in [3.8, 4) is 11.1 Å². The third-order valence-electron chi connectivity index (χ3n) is 6.62. The number of fused-ring (bicyclic) bond motifs is 6. The van der Waals surface area contributed by atoms with Crippen LogP contribution in [-0.4, -0.2) is 0 Å². The van der Waals surface area contributed by atoms with Crippen molar-refractivity contribution in [3.05, 3.63) is 108 Å². The molecule has 5 aromatic rings. The van der Waals surface area contributed by atoms with E-state index in [1.54, 1.807) is 0 Å². The number of benzene rings is 5. The van der Waals surface area contributed by atoms with E-state index in [9.17, 15) is 0 Å². The molecule has 0 spiro atoms. The molecule has 0 saturated heterocycles. The number of rotatable bonds is 2. The second kappa shape index (κ2) is 6.21. The smallest absolute Gasteiger partial charge is 0.0390 e. The third kappa shape index (κ3) is 2.48. The Labute approximate surface area is 177 Å². The molecule has 0 fully saturated rings. The van der Waals surface area contributed by atoms with E-state index < -0.39 is 0 Å². The molecule has 0 aliphatic heterocycles. The molecule has 0 unspecified atom stereocenters. The zero-order chi connectivity index (χ0) is 20.3. The van der Waals surface area contributed by atoms with Crippen molar-refractivity contribution in [2.75, 3.05) is 5.32 Å². The average Bonchev–Trinajstić information content (AvgIpc) is 3.00. The molecule has 1 N–H and O–H groups in total. The molecule has 0 atom stereocenters. The van der Waals surface area contributed by atoms with Gasteiger partial charge in [-0.25, -0.2) is 0 Å². The predicted octanol–water partition coefficient (Wildman–Crippen LogP) is 8.04. The summed E-state index contributed by atoms with van der Waals surface area (Å²) >= 11 is 0. The molecule has 0 heterocycles. The summed E-state index contributed by atoms with van der Waals surface area (Å²) in [5.74, 6) is 0. The van der Waals surface area contributed by atoms with Gasteiger partial charge in [-0.1, -0.05) is 86.6 Å². The van der Waals surface area contributed by atoms with Crippen molar-refractivity contribution in [3.63, 3.8) is 0 Å². The molecule has 0 bridgehead atoms. The fraction of sp³-hybridized carbons (Fsp3) is 0.103. The van der Waals surface area contributed by atoms with E-state index in [-0.39, 0.29) is 5.41 Å². The van der Waals surface area contributed by atoms with E-state index in [0.717, 1.165) is 11.4 Å². The molecule has 5 aromatic carbocycles. The molecular weight excluding hydrogens is 362 g/mol. The van der Waals surface area contributed by atoms with Crippen LogP contribution in [0.3, 0.4) is 0 Å². The Morgan fingerprint density at radius 2 is 1.20 bits per heavy atom.